The van der Waals surface area contributed by atoms with Gasteiger partial charge in [0, 0.05) is 42.1 Å². The molecule has 1 fully saturated rings. The highest BCUT2D eigenvalue weighted by molar-refractivity contribution is 7.13. The number of urea groups is 1. The molecule has 0 aliphatic carbocycles. The van der Waals surface area contributed by atoms with Gasteiger partial charge >= 0.3 is 6.03 Å². The average Bonchev–Trinajstić information content (AvgIpc) is 3.21. The molecule has 0 atom stereocenters. The fourth-order valence-corrected chi connectivity index (χ4v) is 3.46. The van der Waals surface area contributed by atoms with E-state index in [1.165, 1.54) is 11.3 Å². The summed E-state index contributed by atoms with van der Waals surface area (Å²) < 4.78 is 5.41. The maximum atomic E-state index is 12.1. The lowest BCUT2D eigenvalue weighted by Crippen LogP contribution is -2.36. The van der Waals surface area contributed by atoms with Gasteiger partial charge < -0.3 is 20.3 Å². The second-order valence-electron chi connectivity index (χ2n) is 6.38. The zero-order valence-electron chi connectivity index (χ0n) is 15.9. The van der Waals surface area contributed by atoms with Gasteiger partial charge in [0.15, 0.2) is 5.13 Å². The Balaban J connectivity index is 1.44. The van der Waals surface area contributed by atoms with Crippen LogP contribution in [0.15, 0.2) is 41.9 Å². The summed E-state index contributed by atoms with van der Waals surface area (Å²) >= 11 is 1.36. The summed E-state index contributed by atoms with van der Waals surface area (Å²) in [4.78, 5) is 27.3. The lowest BCUT2D eigenvalue weighted by atomic mass is 10.2. The first-order chi connectivity index (χ1) is 14.2. The predicted molar refractivity (Wildman–Crippen MR) is 114 cm³/mol. The van der Waals surface area contributed by atoms with E-state index in [9.17, 15) is 4.79 Å². The summed E-state index contributed by atoms with van der Waals surface area (Å²) in [7, 11) is 0. The van der Waals surface area contributed by atoms with Crippen molar-refractivity contribution in [3.05, 3.63) is 47.7 Å². The number of rotatable bonds is 5. The molecular formula is C19H21N7O2S. The first-order valence-electron chi connectivity index (χ1n) is 9.19. The highest BCUT2D eigenvalue weighted by Gasteiger charge is 2.14. The van der Waals surface area contributed by atoms with Gasteiger partial charge in [-0.15, -0.1) is 11.3 Å². The molecule has 1 aliphatic heterocycles. The van der Waals surface area contributed by atoms with E-state index in [0.717, 1.165) is 24.6 Å². The molecule has 9 nitrogen and oxygen atoms in total. The minimum Gasteiger partial charge on any atom is -0.378 e. The first kappa shape index (κ1) is 19.1. The normalized spacial score (nSPS) is 13.8. The van der Waals surface area contributed by atoms with Crippen LogP contribution in [0.3, 0.4) is 0 Å². The molecule has 2 aromatic heterocycles. The first-order valence-corrected chi connectivity index (χ1v) is 10.1. The monoisotopic (exact) mass is 411 g/mol. The Morgan fingerprint density at radius 1 is 1.14 bits per heavy atom. The van der Waals surface area contributed by atoms with E-state index in [-0.39, 0.29) is 6.03 Å². The van der Waals surface area contributed by atoms with Gasteiger partial charge in [-0.05, 0) is 25.1 Å². The predicted octanol–water partition coefficient (Wildman–Crippen LogP) is 3.47. The summed E-state index contributed by atoms with van der Waals surface area (Å²) in [6.45, 7) is 4.88. The number of nitrogens with one attached hydrogen (secondary N) is 3. The van der Waals surface area contributed by atoms with Crippen molar-refractivity contribution in [1.29, 1.82) is 0 Å². The van der Waals surface area contributed by atoms with Gasteiger partial charge in [-0.25, -0.2) is 19.7 Å². The van der Waals surface area contributed by atoms with Crippen LogP contribution >= 0.6 is 11.3 Å². The van der Waals surface area contributed by atoms with Gasteiger partial charge in [0.1, 0.15) is 17.5 Å². The molecule has 3 heterocycles. The maximum Gasteiger partial charge on any atom is 0.325 e. The highest BCUT2D eigenvalue weighted by Crippen LogP contribution is 2.23. The molecule has 1 aliphatic rings. The Morgan fingerprint density at radius 3 is 2.76 bits per heavy atom. The second-order valence-corrected chi connectivity index (χ2v) is 7.27. The van der Waals surface area contributed by atoms with Gasteiger partial charge in [-0.1, -0.05) is 6.07 Å². The molecular weight excluding hydrogens is 390 g/mol. The number of benzene rings is 1. The van der Waals surface area contributed by atoms with E-state index in [1.54, 1.807) is 11.6 Å². The van der Waals surface area contributed by atoms with Crippen LogP contribution in [-0.4, -0.2) is 47.3 Å². The molecule has 0 unspecified atom stereocenters. The van der Waals surface area contributed by atoms with Crippen molar-refractivity contribution in [3.63, 3.8) is 0 Å². The quantitative estimate of drug-likeness (QED) is 0.590. The van der Waals surface area contributed by atoms with Crippen LogP contribution in [0.1, 0.15) is 5.82 Å². The molecule has 4 rings (SSSR count). The smallest absolute Gasteiger partial charge is 0.325 e. The number of thiazole rings is 1. The molecule has 0 bridgehead atoms. The molecule has 0 radical (unpaired) electrons. The number of aryl methyl sites for hydroxylation is 1. The number of anilines is 5. The topological polar surface area (TPSA) is 104 Å². The lowest BCUT2D eigenvalue weighted by molar-refractivity contribution is 0.122. The van der Waals surface area contributed by atoms with Gasteiger partial charge in [-0.2, -0.15) is 0 Å². The fraction of sp³-hybridized carbons (Fsp3) is 0.263. The lowest BCUT2D eigenvalue weighted by Gasteiger charge is -2.28. The molecule has 2 amide bonds. The van der Waals surface area contributed by atoms with Crippen molar-refractivity contribution < 1.29 is 9.53 Å². The van der Waals surface area contributed by atoms with Crippen LogP contribution in [0.5, 0.6) is 0 Å². The van der Waals surface area contributed by atoms with Crippen molar-refractivity contribution >= 4 is 45.5 Å². The number of carbonyl (C=O) groups is 1. The van der Waals surface area contributed by atoms with Crippen LogP contribution in [0, 0.1) is 6.92 Å². The third-order valence-corrected chi connectivity index (χ3v) is 4.89. The summed E-state index contributed by atoms with van der Waals surface area (Å²) in [5.74, 6) is 2.26. The number of amides is 2. The van der Waals surface area contributed by atoms with Crippen LogP contribution in [0.25, 0.3) is 0 Å². The minimum absolute atomic E-state index is 0.343. The number of carbonyl (C=O) groups excluding carboxylic acids is 1. The number of hydrogen-bond acceptors (Lipinski definition) is 8. The highest BCUT2D eigenvalue weighted by atomic mass is 32.1. The molecule has 1 aromatic carbocycles. The summed E-state index contributed by atoms with van der Waals surface area (Å²) in [6, 6.07) is 9.01. The number of aromatic nitrogens is 3. The SMILES string of the molecule is Cc1nc(Nc2cccc(NC(=O)Nc3nccs3)c2)cc(N2CCOCC2)n1. The van der Waals surface area contributed by atoms with E-state index >= 15 is 0 Å². The Morgan fingerprint density at radius 2 is 1.97 bits per heavy atom. The Bertz CT molecular complexity index is 974. The zero-order valence-corrected chi connectivity index (χ0v) is 16.7. The standard InChI is InChI=1S/C19H21N7O2S/c1-13-21-16(12-17(22-13)26-6-8-28-9-7-26)23-14-3-2-4-15(11-14)24-18(27)25-19-20-5-10-29-19/h2-5,10-12H,6-9H2,1H3,(H,21,22,23)(H2,20,24,25,27). The van der Waals surface area contributed by atoms with E-state index in [2.05, 4.69) is 35.8 Å². The number of ether oxygens (including phenoxy) is 1. The van der Waals surface area contributed by atoms with Gasteiger partial charge in [-0.3, -0.25) is 5.32 Å². The van der Waals surface area contributed by atoms with Crippen molar-refractivity contribution in [2.75, 3.05) is 47.2 Å². The molecule has 1 saturated heterocycles. The van der Waals surface area contributed by atoms with Crippen molar-refractivity contribution in [2.45, 2.75) is 6.92 Å². The molecule has 0 spiro atoms. The third kappa shape index (κ3) is 5.18. The number of hydrogen-bond donors (Lipinski definition) is 3. The van der Waals surface area contributed by atoms with Crippen molar-refractivity contribution in [2.24, 2.45) is 0 Å². The van der Waals surface area contributed by atoms with Gasteiger partial charge in [0.05, 0.1) is 13.2 Å². The fourth-order valence-electron chi connectivity index (χ4n) is 2.94. The largest absolute Gasteiger partial charge is 0.378 e. The number of nitrogens with zero attached hydrogens (tertiary/aromatic N) is 4. The molecule has 3 aromatic rings. The maximum absolute atomic E-state index is 12.1. The average molecular weight is 411 g/mol. The van der Waals surface area contributed by atoms with Gasteiger partial charge in [0.2, 0.25) is 0 Å². The summed E-state index contributed by atoms with van der Waals surface area (Å²) in [6.07, 6.45) is 1.64. The molecule has 0 saturated carbocycles. The Kier molecular flexibility index (Phi) is 5.82. The van der Waals surface area contributed by atoms with Crippen molar-refractivity contribution in [1.82, 2.24) is 15.0 Å². The van der Waals surface area contributed by atoms with Crippen LogP contribution < -0.4 is 20.9 Å². The third-order valence-electron chi connectivity index (χ3n) is 4.21. The Labute approximate surface area is 172 Å². The summed E-state index contributed by atoms with van der Waals surface area (Å²) in [5, 5.41) is 11.1. The van der Waals surface area contributed by atoms with E-state index < -0.39 is 0 Å². The molecule has 29 heavy (non-hydrogen) atoms. The molecule has 3 N–H and O–H groups in total. The van der Waals surface area contributed by atoms with Crippen LogP contribution in [0.2, 0.25) is 0 Å². The molecule has 10 heteroatoms. The number of morpholine rings is 1. The second kappa shape index (κ2) is 8.84. The van der Waals surface area contributed by atoms with E-state index in [0.29, 0.717) is 35.7 Å². The Hall–Kier alpha value is -3.24. The minimum atomic E-state index is -0.343. The van der Waals surface area contributed by atoms with Gasteiger partial charge in [0.25, 0.3) is 0 Å². The van der Waals surface area contributed by atoms with E-state index in [4.69, 9.17) is 4.74 Å². The summed E-state index contributed by atoms with van der Waals surface area (Å²) in [5.41, 5.74) is 1.46. The van der Waals surface area contributed by atoms with Crippen LogP contribution in [-0.2, 0) is 4.74 Å². The van der Waals surface area contributed by atoms with Crippen molar-refractivity contribution in [3.8, 4) is 0 Å². The zero-order chi connectivity index (χ0) is 20.1. The van der Waals surface area contributed by atoms with E-state index in [1.807, 2.05) is 37.3 Å². The molecule has 150 valence electrons. The van der Waals surface area contributed by atoms with Crippen LogP contribution in [0.4, 0.5) is 32.9 Å².